The van der Waals surface area contributed by atoms with Gasteiger partial charge in [0.2, 0.25) is 0 Å². The molecule has 2 saturated heterocycles. The molecule has 0 bridgehead atoms. The zero-order chi connectivity index (χ0) is 15.6. The molecule has 23 heavy (non-hydrogen) atoms. The molecule has 1 aromatic rings. The first kappa shape index (κ1) is 15.6. The molecule has 2 aliphatic heterocycles. The minimum Gasteiger partial charge on any atom is -0.299 e. The number of fused-ring (bicyclic) bond motifs is 1. The van der Waals surface area contributed by atoms with Crippen molar-refractivity contribution in [2.45, 2.75) is 44.7 Å². The zero-order valence-corrected chi connectivity index (χ0v) is 14.6. The number of hydrogen-bond acceptors (Lipinski definition) is 3. The Bertz CT molecular complexity index is 496. The highest BCUT2D eigenvalue weighted by Gasteiger charge is 2.31. The van der Waals surface area contributed by atoms with E-state index in [1.807, 2.05) is 0 Å². The van der Waals surface area contributed by atoms with Crippen LogP contribution in [0.1, 0.15) is 30.9 Å². The van der Waals surface area contributed by atoms with Gasteiger partial charge in [0.25, 0.3) is 0 Å². The lowest BCUT2D eigenvalue weighted by Crippen LogP contribution is -2.53. The molecule has 0 radical (unpaired) electrons. The normalized spacial score (nSPS) is 27.6. The van der Waals surface area contributed by atoms with Crippen LogP contribution in [0.15, 0.2) is 24.3 Å². The topological polar surface area (TPSA) is 9.72 Å². The highest BCUT2D eigenvalue weighted by atomic mass is 15.3. The van der Waals surface area contributed by atoms with Crippen LogP contribution in [0.2, 0.25) is 0 Å². The SMILES string of the molecule is CCN1CCC[C@H]1CN1CCN(C2Cc3ccccc3C2)CC1. The summed E-state index contributed by atoms with van der Waals surface area (Å²) in [6.45, 7) is 11.2. The summed E-state index contributed by atoms with van der Waals surface area (Å²) in [6, 6.07) is 10.6. The standard InChI is InChI=1S/C20H31N3/c1-2-22-9-5-8-19(22)16-21-10-12-23(13-11-21)20-14-17-6-3-4-7-18(17)15-20/h3-4,6-7,19-20H,2,5,8-16H2,1H3/t19-/m0/s1. The highest BCUT2D eigenvalue weighted by Crippen LogP contribution is 2.26. The Hall–Kier alpha value is -0.900. The third-order valence-electron chi connectivity index (χ3n) is 6.33. The van der Waals surface area contributed by atoms with Crippen molar-refractivity contribution in [2.24, 2.45) is 0 Å². The van der Waals surface area contributed by atoms with Crippen LogP contribution < -0.4 is 0 Å². The van der Waals surface area contributed by atoms with E-state index in [1.165, 1.54) is 71.5 Å². The number of hydrogen-bond donors (Lipinski definition) is 0. The Balaban J connectivity index is 1.27. The molecule has 0 spiro atoms. The Labute approximate surface area is 141 Å². The van der Waals surface area contributed by atoms with E-state index in [0.717, 1.165) is 12.1 Å². The average Bonchev–Trinajstić information content (AvgIpc) is 3.21. The molecule has 3 nitrogen and oxygen atoms in total. The third-order valence-corrected chi connectivity index (χ3v) is 6.33. The monoisotopic (exact) mass is 313 g/mol. The molecule has 126 valence electrons. The van der Waals surface area contributed by atoms with E-state index in [2.05, 4.69) is 45.9 Å². The molecule has 1 aliphatic carbocycles. The fraction of sp³-hybridized carbons (Fsp3) is 0.700. The molecule has 1 aromatic carbocycles. The van der Waals surface area contributed by atoms with E-state index in [-0.39, 0.29) is 0 Å². The molecular formula is C20H31N3. The molecule has 0 aromatic heterocycles. The van der Waals surface area contributed by atoms with Crippen LogP contribution in [0.5, 0.6) is 0 Å². The average molecular weight is 313 g/mol. The lowest BCUT2D eigenvalue weighted by atomic mass is 10.1. The zero-order valence-electron chi connectivity index (χ0n) is 14.6. The molecule has 0 saturated carbocycles. The molecule has 2 fully saturated rings. The first-order chi connectivity index (χ1) is 11.3. The van der Waals surface area contributed by atoms with Crippen LogP contribution in [0.4, 0.5) is 0 Å². The molecule has 3 heteroatoms. The number of rotatable bonds is 4. The second kappa shape index (κ2) is 6.92. The lowest BCUT2D eigenvalue weighted by Gasteiger charge is -2.39. The van der Waals surface area contributed by atoms with Crippen molar-refractivity contribution in [3.8, 4) is 0 Å². The van der Waals surface area contributed by atoms with Crippen molar-refractivity contribution in [1.29, 1.82) is 0 Å². The summed E-state index contributed by atoms with van der Waals surface area (Å²) in [6.07, 6.45) is 5.34. The predicted octanol–water partition coefficient (Wildman–Crippen LogP) is 2.26. The van der Waals surface area contributed by atoms with Crippen LogP contribution in [0.3, 0.4) is 0 Å². The largest absolute Gasteiger partial charge is 0.299 e. The molecule has 0 amide bonds. The minimum atomic E-state index is 0.758. The van der Waals surface area contributed by atoms with Crippen LogP contribution in [0.25, 0.3) is 0 Å². The number of benzene rings is 1. The van der Waals surface area contributed by atoms with Crippen molar-refractivity contribution in [1.82, 2.24) is 14.7 Å². The van der Waals surface area contributed by atoms with Crippen LogP contribution >= 0.6 is 0 Å². The van der Waals surface area contributed by atoms with Gasteiger partial charge in [-0.2, -0.15) is 0 Å². The van der Waals surface area contributed by atoms with Crippen molar-refractivity contribution < 1.29 is 0 Å². The number of nitrogens with zero attached hydrogens (tertiary/aromatic N) is 3. The maximum absolute atomic E-state index is 2.75. The van der Waals surface area contributed by atoms with Crippen molar-refractivity contribution in [3.63, 3.8) is 0 Å². The fourth-order valence-corrected chi connectivity index (χ4v) is 4.92. The van der Waals surface area contributed by atoms with Crippen LogP contribution in [-0.4, -0.2) is 72.6 Å². The van der Waals surface area contributed by atoms with E-state index in [9.17, 15) is 0 Å². The second-order valence-electron chi connectivity index (χ2n) is 7.59. The van der Waals surface area contributed by atoms with Gasteiger partial charge >= 0.3 is 0 Å². The van der Waals surface area contributed by atoms with E-state index < -0.39 is 0 Å². The Kier molecular flexibility index (Phi) is 4.70. The number of likely N-dealkylation sites (N-methyl/N-ethyl adjacent to an activating group) is 1. The van der Waals surface area contributed by atoms with E-state index in [0.29, 0.717) is 0 Å². The highest BCUT2D eigenvalue weighted by molar-refractivity contribution is 5.33. The summed E-state index contributed by atoms with van der Waals surface area (Å²) < 4.78 is 0. The van der Waals surface area contributed by atoms with Gasteiger partial charge in [0.1, 0.15) is 0 Å². The van der Waals surface area contributed by atoms with E-state index in [4.69, 9.17) is 0 Å². The van der Waals surface area contributed by atoms with Gasteiger partial charge in [0, 0.05) is 44.8 Å². The molecule has 1 atom stereocenters. The quantitative estimate of drug-likeness (QED) is 0.844. The summed E-state index contributed by atoms with van der Waals surface area (Å²) in [5.41, 5.74) is 3.17. The molecule has 4 rings (SSSR count). The fourth-order valence-electron chi connectivity index (χ4n) is 4.92. The third kappa shape index (κ3) is 3.33. The minimum absolute atomic E-state index is 0.758. The van der Waals surface area contributed by atoms with Crippen molar-refractivity contribution >= 4 is 0 Å². The van der Waals surface area contributed by atoms with Gasteiger partial charge in [0.05, 0.1) is 0 Å². The summed E-state index contributed by atoms with van der Waals surface area (Å²) >= 11 is 0. The molecule has 3 aliphatic rings. The maximum Gasteiger partial charge on any atom is 0.0223 e. The van der Waals surface area contributed by atoms with Gasteiger partial charge in [0.15, 0.2) is 0 Å². The van der Waals surface area contributed by atoms with Crippen LogP contribution in [0, 0.1) is 0 Å². The van der Waals surface area contributed by atoms with Gasteiger partial charge < -0.3 is 0 Å². The van der Waals surface area contributed by atoms with Gasteiger partial charge in [-0.25, -0.2) is 0 Å². The van der Waals surface area contributed by atoms with Gasteiger partial charge in [-0.3, -0.25) is 14.7 Å². The molecule has 2 heterocycles. The summed E-state index contributed by atoms with van der Waals surface area (Å²) in [5, 5.41) is 0. The van der Waals surface area contributed by atoms with Gasteiger partial charge in [-0.05, 0) is 49.9 Å². The Morgan fingerprint density at radius 3 is 2.30 bits per heavy atom. The smallest absolute Gasteiger partial charge is 0.0223 e. The Morgan fingerprint density at radius 2 is 1.65 bits per heavy atom. The number of likely N-dealkylation sites (tertiary alicyclic amines) is 1. The Morgan fingerprint density at radius 1 is 0.957 bits per heavy atom. The molecule has 0 unspecified atom stereocenters. The van der Waals surface area contributed by atoms with Crippen molar-refractivity contribution in [3.05, 3.63) is 35.4 Å². The lowest BCUT2D eigenvalue weighted by molar-refractivity contribution is 0.0809. The first-order valence-corrected chi connectivity index (χ1v) is 9.60. The van der Waals surface area contributed by atoms with Crippen LogP contribution in [-0.2, 0) is 12.8 Å². The summed E-state index contributed by atoms with van der Waals surface area (Å²) in [7, 11) is 0. The maximum atomic E-state index is 2.75. The molecular weight excluding hydrogens is 282 g/mol. The van der Waals surface area contributed by atoms with E-state index >= 15 is 0 Å². The van der Waals surface area contributed by atoms with Crippen molar-refractivity contribution in [2.75, 3.05) is 45.8 Å². The second-order valence-corrected chi connectivity index (χ2v) is 7.59. The van der Waals surface area contributed by atoms with E-state index in [1.54, 1.807) is 11.1 Å². The van der Waals surface area contributed by atoms with Gasteiger partial charge in [-0.15, -0.1) is 0 Å². The summed E-state index contributed by atoms with van der Waals surface area (Å²) in [5.74, 6) is 0. The van der Waals surface area contributed by atoms with Gasteiger partial charge in [-0.1, -0.05) is 31.2 Å². The molecule has 0 N–H and O–H groups in total. The summed E-state index contributed by atoms with van der Waals surface area (Å²) in [4.78, 5) is 8.15. The first-order valence-electron chi connectivity index (χ1n) is 9.60. The predicted molar refractivity (Wildman–Crippen MR) is 95.9 cm³/mol. The number of piperazine rings is 1.